The van der Waals surface area contributed by atoms with E-state index in [9.17, 15) is 19.5 Å². The van der Waals surface area contributed by atoms with Crippen LogP contribution in [0, 0.1) is 5.92 Å². The van der Waals surface area contributed by atoms with Crippen molar-refractivity contribution in [2.45, 2.75) is 104 Å². The van der Waals surface area contributed by atoms with Crippen molar-refractivity contribution in [3.8, 4) is 11.1 Å². The van der Waals surface area contributed by atoms with E-state index in [0.717, 1.165) is 52.8 Å². The summed E-state index contributed by atoms with van der Waals surface area (Å²) in [6.45, 7) is 12.2. The molecular formula is C40H50N2O8. The molecule has 268 valence electrons. The minimum Gasteiger partial charge on any atom is -0.459 e. The number of esters is 2. The summed E-state index contributed by atoms with van der Waals surface area (Å²) in [5.74, 6) is -1.10. The molecule has 10 heteroatoms. The number of amides is 1. The second-order valence-electron chi connectivity index (χ2n) is 14.3. The number of likely N-dealkylation sites (tertiary alicyclic amines) is 1. The molecule has 3 aromatic carbocycles. The Morgan fingerprint density at radius 2 is 1.66 bits per heavy atom. The molecule has 10 nitrogen and oxygen atoms in total. The van der Waals surface area contributed by atoms with Crippen molar-refractivity contribution in [3.05, 3.63) is 95.1 Å². The predicted molar refractivity (Wildman–Crippen MR) is 188 cm³/mol. The lowest BCUT2D eigenvalue weighted by atomic mass is 9.89. The molecule has 5 rings (SSSR count). The number of aliphatic hydroxyl groups is 1. The quantitative estimate of drug-likeness (QED) is 0.234. The second-order valence-corrected chi connectivity index (χ2v) is 14.3. The van der Waals surface area contributed by atoms with Gasteiger partial charge in [0, 0.05) is 31.5 Å². The Morgan fingerprint density at radius 3 is 2.32 bits per heavy atom. The summed E-state index contributed by atoms with van der Waals surface area (Å²) in [7, 11) is 0. The molecule has 1 amide bonds. The van der Waals surface area contributed by atoms with E-state index in [2.05, 4.69) is 17.1 Å². The molecule has 0 bridgehead atoms. The Kier molecular flexibility index (Phi) is 12.1. The van der Waals surface area contributed by atoms with E-state index < -0.39 is 24.0 Å². The van der Waals surface area contributed by atoms with Gasteiger partial charge in [0.25, 0.3) is 5.91 Å². The summed E-state index contributed by atoms with van der Waals surface area (Å²) in [5, 5.41) is 12.5. The molecule has 2 fully saturated rings. The van der Waals surface area contributed by atoms with Gasteiger partial charge in [-0.1, -0.05) is 79.7 Å². The summed E-state index contributed by atoms with van der Waals surface area (Å²) in [6, 6.07) is 23.3. The number of benzene rings is 3. The molecule has 50 heavy (non-hydrogen) atoms. The van der Waals surface area contributed by atoms with Crippen LogP contribution in [0.1, 0.15) is 89.0 Å². The average Bonchev–Trinajstić information content (AvgIpc) is 3.56. The highest BCUT2D eigenvalue weighted by atomic mass is 16.7. The summed E-state index contributed by atoms with van der Waals surface area (Å²) < 4.78 is 24.2. The molecule has 6 atom stereocenters. The Hall–Kier alpha value is -4.09. The van der Waals surface area contributed by atoms with Crippen LogP contribution < -0.4 is 5.32 Å². The molecule has 0 unspecified atom stereocenters. The van der Waals surface area contributed by atoms with Crippen LogP contribution in [0.5, 0.6) is 0 Å². The molecule has 0 aromatic heterocycles. The van der Waals surface area contributed by atoms with E-state index in [-0.39, 0.29) is 49.2 Å². The van der Waals surface area contributed by atoms with E-state index in [1.165, 1.54) is 6.92 Å². The zero-order chi connectivity index (χ0) is 36.0. The van der Waals surface area contributed by atoms with Crippen LogP contribution in [0.2, 0.25) is 0 Å². The van der Waals surface area contributed by atoms with Crippen LogP contribution in [-0.2, 0) is 46.5 Å². The van der Waals surface area contributed by atoms with Crippen molar-refractivity contribution in [2.24, 2.45) is 5.92 Å². The standard InChI is InChI=1S/C40H50N2O8/c1-25-35(23-42-21-9-12-34(42)38(46)50-40(4,5)6)48-39(49-36(25)30-15-13-28(24-43)14-16-30)31-19-17-29(18-20-31)33-11-8-7-10-32(33)22-41-37(45)26(2)47-27(3)44/h7-8,10-11,13-20,25-26,34-36,39,43H,9,12,21-24H2,1-6H3,(H,41,45)/t25-,26-,34-,35+,36+,39+/m0/s1. The molecule has 2 N–H and O–H groups in total. The van der Waals surface area contributed by atoms with Crippen LogP contribution in [0.15, 0.2) is 72.8 Å². The lowest BCUT2D eigenvalue weighted by molar-refractivity contribution is -0.276. The fourth-order valence-corrected chi connectivity index (χ4v) is 6.65. The third-order valence-corrected chi connectivity index (χ3v) is 9.26. The number of hydrogen-bond donors (Lipinski definition) is 2. The van der Waals surface area contributed by atoms with Gasteiger partial charge in [-0.3, -0.25) is 19.3 Å². The fourth-order valence-electron chi connectivity index (χ4n) is 6.65. The fraction of sp³-hybridized carbons (Fsp3) is 0.475. The van der Waals surface area contributed by atoms with Gasteiger partial charge < -0.3 is 29.4 Å². The molecule has 0 aliphatic carbocycles. The van der Waals surface area contributed by atoms with Crippen molar-refractivity contribution in [1.29, 1.82) is 0 Å². The topological polar surface area (TPSA) is 124 Å². The summed E-state index contributed by atoms with van der Waals surface area (Å²) in [6.07, 6.45) is -0.404. The first-order valence-electron chi connectivity index (χ1n) is 17.4. The van der Waals surface area contributed by atoms with Crippen molar-refractivity contribution < 1.29 is 38.4 Å². The van der Waals surface area contributed by atoms with Crippen LogP contribution in [0.3, 0.4) is 0 Å². The number of rotatable bonds is 11. The van der Waals surface area contributed by atoms with Crippen LogP contribution in [0.25, 0.3) is 11.1 Å². The second kappa shape index (κ2) is 16.3. The highest BCUT2D eigenvalue weighted by Crippen LogP contribution is 2.43. The smallest absolute Gasteiger partial charge is 0.323 e. The summed E-state index contributed by atoms with van der Waals surface area (Å²) in [4.78, 5) is 39.1. The van der Waals surface area contributed by atoms with Crippen molar-refractivity contribution >= 4 is 17.8 Å². The zero-order valence-corrected chi connectivity index (χ0v) is 29.9. The van der Waals surface area contributed by atoms with Crippen LogP contribution in [0.4, 0.5) is 0 Å². The van der Waals surface area contributed by atoms with Gasteiger partial charge in [0.2, 0.25) is 0 Å². The van der Waals surface area contributed by atoms with Gasteiger partial charge in [-0.2, -0.15) is 0 Å². The minimum absolute atomic E-state index is 0.0314. The van der Waals surface area contributed by atoms with Crippen molar-refractivity contribution in [1.82, 2.24) is 10.2 Å². The third kappa shape index (κ3) is 9.37. The summed E-state index contributed by atoms with van der Waals surface area (Å²) in [5.41, 5.74) is 4.95. The molecule has 0 radical (unpaired) electrons. The van der Waals surface area contributed by atoms with Gasteiger partial charge in [0.1, 0.15) is 11.6 Å². The van der Waals surface area contributed by atoms with Crippen molar-refractivity contribution in [2.75, 3.05) is 13.1 Å². The average molecular weight is 687 g/mol. The first-order valence-corrected chi connectivity index (χ1v) is 17.4. The van der Waals surface area contributed by atoms with Gasteiger partial charge in [-0.15, -0.1) is 0 Å². The lowest BCUT2D eigenvalue weighted by Gasteiger charge is -2.43. The zero-order valence-electron chi connectivity index (χ0n) is 29.9. The number of aliphatic hydroxyl groups excluding tert-OH is 1. The van der Waals surface area contributed by atoms with Gasteiger partial charge in [0.05, 0.1) is 18.8 Å². The van der Waals surface area contributed by atoms with Gasteiger partial charge >= 0.3 is 11.9 Å². The van der Waals surface area contributed by atoms with E-state index in [4.69, 9.17) is 18.9 Å². The Morgan fingerprint density at radius 1 is 0.980 bits per heavy atom. The lowest BCUT2D eigenvalue weighted by Crippen LogP contribution is -2.48. The Balaban J connectivity index is 1.36. The molecule has 2 aliphatic heterocycles. The van der Waals surface area contributed by atoms with E-state index >= 15 is 0 Å². The van der Waals surface area contributed by atoms with Gasteiger partial charge in [-0.25, -0.2) is 0 Å². The maximum absolute atomic E-state index is 13.2. The number of carbonyl (C=O) groups is 3. The van der Waals surface area contributed by atoms with E-state index in [1.807, 2.05) is 93.6 Å². The molecule has 2 heterocycles. The minimum atomic E-state index is -0.883. The first kappa shape index (κ1) is 37.2. The van der Waals surface area contributed by atoms with Crippen LogP contribution in [-0.4, -0.2) is 64.8 Å². The van der Waals surface area contributed by atoms with Crippen molar-refractivity contribution in [3.63, 3.8) is 0 Å². The predicted octanol–water partition coefficient (Wildman–Crippen LogP) is 6.01. The number of nitrogens with one attached hydrogen (secondary N) is 1. The molecule has 3 aromatic rings. The maximum atomic E-state index is 13.2. The van der Waals surface area contributed by atoms with Gasteiger partial charge in [-0.05, 0) is 74.9 Å². The molecule has 2 aliphatic rings. The highest BCUT2D eigenvalue weighted by molar-refractivity contribution is 5.83. The molecule has 0 saturated carbocycles. The highest BCUT2D eigenvalue weighted by Gasteiger charge is 2.42. The third-order valence-electron chi connectivity index (χ3n) is 9.26. The number of nitrogens with zero attached hydrogens (tertiary/aromatic N) is 1. The maximum Gasteiger partial charge on any atom is 0.323 e. The number of hydrogen-bond acceptors (Lipinski definition) is 9. The van der Waals surface area contributed by atoms with E-state index in [1.54, 1.807) is 6.92 Å². The SMILES string of the molecule is CC(=O)O[C@@H](C)C(=O)NCc1ccccc1-c1ccc([C@@H]2O[C@H](CN3CCC[C@H]3C(=O)OC(C)(C)C)[C@H](C)[C@H](c3ccc(CO)cc3)O2)cc1. The first-order chi connectivity index (χ1) is 23.8. The number of ether oxygens (including phenoxy) is 4. The molecule has 2 saturated heterocycles. The Labute approximate surface area is 295 Å². The largest absolute Gasteiger partial charge is 0.459 e. The monoisotopic (exact) mass is 686 g/mol. The summed E-state index contributed by atoms with van der Waals surface area (Å²) >= 11 is 0. The normalized spacial score (nSPS) is 23.2. The molecular weight excluding hydrogens is 636 g/mol. The van der Waals surface area contributed by atoms with E-state index in [0.29, 0.717) is 6.54 Å². The molecule has 0 spiro atoms. The van der Waals surface area contributed by atoms with Gasteiger partial charge in [0.15, 0.2) is 12.4 Å². The van der Waals surface area contributed by atoms with Crippen LogP contribution >= 0.6 is 0 Å². The Bertz CT molecular complexity index is 1620. The number of carbonyl (C=O) groups excluding carboxylic acids is 3.